The quantitative estimate of drug-likeness (QED) is 0.425. The fraction of sp³-hybridized carbons (Fsp3) is 0.105. The molecule has 0 aliphatic carbocycles. The zero-order chi connectivity index (χ0) is 18.0. The third-order valence-corrected chi connectivity index (χ3v) is 3.94. The molecule has 0 saturated heterocycles. The largest absolute Gasteiger partial charge is 0.475 e. The van der Waals surface area contributed by atoms with E-state index < -0.39 is 24.0 Å². The molecule has 0 unspecified atom stereocenters. The number of hydrogen-bond donors (Lipinski definition) is 1. The summed E-state index contributed by atoms with van der Waals surface area (Å²) in [6.45, 7) is 0.496. The molecule has 0 aliphatic rings. The lowest BCUT2D eigenvalue weighted by molar-refractivity contribution is -0.148. The Labute approximate surface area is 142 Å². The van der Waals surface area contributed by atoms with Crippen LogP contribution in [0.4, 0.5) is 4.39 Å². The van der Waals surface area contributed by atoms with Crippen LogP contribution in [0.15, 0.2) is 54.7 Å². The highest BCUT2D eigenvalue weighted by molar-refractivity contribution is 6.37. The summed E-state index contributed by atoms with van der Waals surface area (Å²) < 4.78 is 14.9. The van der Waals surface area contributed by atoms with Crippen molar-refractivity contribution in [3.8, 4) is 0 Å². The van der Waals surface area contributed by atoms with Crippen LogP contribution in [0.2, 0.25) is 0 Å². The number of carbonyl (C=O) groups is 3. The van der Waals surface area contributed by atoms with Crippen LogP contribution >= 0.6 is 0 Å². The van der Waals surface area contributed by atoms with Crippen LogP contribution in [0, 0.1) is 5.82 Å². The van der Waals surface area contributed by atoms with E-state index in [0.717, 1.165) is 11.1 Å². The van der Waals surface area contributed by atoms with Crippen LogP contribution in [0.25, 0.3) is 10.9 Å². The molecule has 2 aromatic carbocycles. The zero-order valence-electron chi connectivity index (χ0n) is 13.1. The maximum Gasteiger partial charge on any atom is 0.372 e. The average Bonchev–Trinajstić information content (AvgIpc) is 2.99. The van der Waals surface area contributed by atoms with Gasteiger partial charge in [0, 0.05) is 29.2 Å². The van der Waals surface area contributed by atoms with E-state index in [4.69, 9.17) is 5.11 Å². The molecule has 0 atom stereocenters. The van der Waals surface area contributed by atoms with Crippen LogP contribution < -0.4 is 0 Å². The summed E-state index contributed by atoms with van der Waals surface area (Å²) in [5.41, 5.74) is 1.99. The number of Topliss-reactive ketones (excluding diaryl/α,β-unsaturated/α-hetero) is 2. The highest BCUT2D eigenvalue weighted by atomic mass is 19.1. The predicted octanol–water partition coefficient (Wildman–Crippen LogP) is 3.06. The normalized spacial score (nSPS) is 10.8. The summed E-state index contributed by atoms with van der Waals surface area (Å²) in [6.07, 6.45) is 1.13. The van der Waals surface area contributed by atoms with E-state index in [1.165, 1.54) is 12.1 Å². The summed E-state index contributed by atoms with van der Waals surface area (Å²) in [7, 11) is 0. The fourth-order valence-corrected chi connectivity index (χ4v) is 2.71. The van der Waals surface area contributed by atoms with Crippen LogP contribution in [-0.2, 0) is 16.1 Å². The number of nitrogens with zero attached hydrogens (tertiary/aromatic N) is 1. The number of carboxylic acids is 1. The van der Waals surface area contributed by atoms with Crippen molar-refractivity contribution >= 4 is 28.4 Å². The maximum absolute atomic E-state index is 13.0. The lowest BCUT2D eigenvalue weighted by Crippen LogP contribution is -2.17. The van der Waals surface area contributed by atoms with Crippen molar-refractivity contribution in [1.29, 1.82) is 0 Å². The Morgan fingerprint density at radius 1 is 1.00 bits per heavy atom. The van der Waals surface area contributed by atoms with Crippen molar-refractivity contribution in [3.05, 3.63) is 71.7 Å². The third kappa shape index (κ3) is 3.47. The number of fused-ring (bicyclic) bond motifs is 1. The average molecular weight is 339 g/mol. The molecule has 0 bridgehead atoms. The van der Waals surface area contributed by atoms with Gasteiger partial charge in [0.05, 0.1) is 6.42 Å². The van der Waals surface area contributed by atoms with Gasteiger partial charge in [0.25, 0.3) is 0 Å². The number of rotatable bonds is 6. The molecule has 0 spiro atoms. The van der Waals surface area contributed by atoms with Gasteiger partial charge in [-0.1, -0.05) is 24.3 Å². The summed E-state index contributed by atoms with van der Waals surface area (Å²) in [6, 6.07) is 13.0. The molecular formula is C19H14FNO4. The molecule has 3 rings (SSSR count). The summed E-state index contributed by atoms with van der Waals surface area (Å²) in [5, 5.41) is 9.29. The summed E-state index contributed by atoms with van der Waals surface area (Å²) >= 11 is 0. The number of carbonyl (C=O) groups excluding carboxylic acids is 2. The van der Waals surface area contributed by atoms with Crippen molar-refractivity contribution in [2.24, 2.45) is 0 Å². The first-order chi connectivity index (χ1) is 12.0. The van der Waals surface area contributed by atoms with E-state index in [9.17, 15) is 18.8 Å². The second-order valence-corrected chi connectivity index (χ2v) is 5.64. The Balaban J connectivity index is 1.92. The van der Waals surface area contributed by atoms with Crippen molar-refractivity contribution in [1.82, 2.24) is 4.57 Å². The first kappa shape index (κ1) is 16.6. The monoisotopic (exact) mass is 339 g/mol. The topological polar surface area (TPSA) is 76.4 Å². The fourth-order valence-electron chi connectivity index (χ4n) is 2.71. The van der Waals surface area contributed by atoms with Crippen molar-refractivity contribution in [2.75, 3.05) is 0 Å². The molecule has 0 radical (unpaired) electrons. The summed E-state index contributed by atoms with van der Waals surface area (Å²) in [5.74, 6) is -3.59. The van der Waals surface area contributed by atoms with Gasteiger partial charge in [0.2, 0.25) is 5.78 Å². The highest BCUT2D eigenvalue weighted by Gasteiger charge is 2.20. The number of aliphatic carboxylic acids is 1. The van der Waals surface area contributed by atoms with Crippen LogP contribution in [0.3, 0.4) is 0 Å². The van der Waals surface area contributed by atoms with Gasteiger partial charge in [-0.25, -0.2) is 9.18 Å². The van der Waals surface area contributed by atoms with Gasteiger partial charge in [-0.05, 0) is 29.8 Å². The van der Waals surface area contributed by atoms with Crippen LogP contribution in [0.5, 0.6) is 0 Å². The van der Waals surface area contributed by atoms with Crippen LogP contribution in [-0.4, -0.2) is 27.2 Å². The molecule has 3 aromatic rings. The van der Waals surface area contributed by atoms with Gasteiger partial charge in [-0.3, -0.25) is 9.59 Å². The Bertz CT molecular complexity index is 973. The molecule has 0 fully saturated rings. The zero-order valence-corrected chi connectivity index (χ0v) is 13.1. The third-order valence-electron chi connectivity index (χ3n) is 3.94. The minimum absolute atomic E-state index is 0.308. The lowest BCUT2D eigenvalue weighted by atomic mass is 10.0. The minimum Gasteiger partial charge on any atom is -0.475 e. The Morgan fingerprint density at radius 3 is 2.40 bits per heavy atom. The van der Waals surface area contributed by atoms with E-state index in [1.807, 2.05) is 10.6 Å². The van der Waals surface area contributed by atoms with Crippen molar-refractivity contribution in [3.63, 3.8) is 0 Å². The maximum atomic E-state index is 13.0. The first-order valence-electron chi connectivity index (χ1n) is 7.57. The molecule has 126 valence electrons. The van der Waals surface area contributed by atoms with Gasteiger partial charge in [-0.15, -0.1) is 0 Å². The van der Waals surface area contributed by atoms with Crippen molar-refractivity contribution in [2.45, 2.75) is 13.0 Å². The molecule has 0 aliphatic heterocycles. The molecule has 1 N–H and O–H groups in total. The summed E-state index contributed by atoms with van der Waals surface area (Å²) in [4.78, 5) is 34.2. The number of halogens is 1. The van der Waals surface area contributed by atoms with Gasteiger partial charge in [-0.2, -0.15) is 0 Å². The Hall–Kier alpha value is -3.28. The molecule has 0 amide bonds. The molecule has 5 nitrogen and oxygen atoms in total. The number of ketones is 2. The molecule has 6 heteroatoms. The van der Waals surface area contributed by atoms with Gasteiger partial charge < -0.3 is 9.67 Å². The number of aromatic nitrogens is 1. The van der Waals surface area contributed by atoms with E-state index >= 15 is 0 Å². The van der Waals surface area contributed by atoms with E-state index in [1.54, 1.807) is 36.5 Å². The van der Waals surface area contributed by atoms with Crippen molar-refractivity contribution < 1.29 is 23.9 Å². The van der Waals surface area contributed by atoms with E-state index in [-0.39, 0.29) is 5.82 Å². The van der Waals surface area contributed by atoms with Gasteiger partial charge in [0.1, 0.15) is 5.82 Å². The second kappa shape index (κ2) is 6.68. The minimum atomic E-state index is -1.62. The Morgan fingerprint density at radius 2 is 1.72 bits per heavy atom. The predicted molar refractivity (Wildman–Crippen MR) is 89.0 cm³/mol. The molecule has 0 saturated carbocycles. The van der Waals surface area contributed by atoms with E-state index in [0.29, 0.717) is 17.5 Å². The van der Waals surface area contributed by atoms with Gasteiger partial charge in [0.15, 0.2) is 5.78 Å². The number of benzene rings is 2. The van der Waals surface area contributed by atoms with Crippen LogP contribution in [0.1, 0.15) is 22.3 Å². The lowest BCUT2D eigenvalue weighted by Gasteiger charge is -2.07. The SMILES string of the molecule is O=C(O)C(=O)CC(=O)c1cccc2c1ccn2Cc1ccc(F)cc1. The molecule has 1 aromatic heterocycles. The number of hydrogen-bond acceptors (Lipinski definition) is 3. The molecular weight excluding hydrogens is 325 g/mol. The molecule has 25 heavy (non-hydrogen) atoms. The number of carboxylic acid groups (broad SMARTS) is 1. The first-order valence-corrected chi connectivity index (χ1v) is 7.57. The standard InChI is InChI=1S/C19H14FNO4/c20-13-6-4-12(5-7-13)11-21-9-8-14-15(2-1-3-16(14)21)17(22)10-18(23)19(24)25/h1-9H,10-11H2,(H,24,25). The second-order valence-electron chi connectivity index (χ2n) is 5.64. The highest BCUT2D eigenvalue weighted by Crippen LogP contribution is 2.23. The van der Waals surface area contributed by atoms with Gasteiger partial charge >= 0.3 is 5.97 Å². The smallest absolute Gasteiger partial charge is 0.372 e. The molecule has 1 heterocycles. The van der Waals surface area contributed by atoms with E-state index in [2.05, 4.69) is 0 Å². The Kier molecular flexibility index (Phi) is 4.43.